The van der Waals surface area contributed by atoms with Gasteiger partial charge in [0.2, 0.25) is 0 Å². The predicted molar refractivity (Wildman–Crippen MR) is 89.3 cm³/mol. The summed E-state index contributed by atoms with van der Waals surface area (Å²) in [6.07, 6.45) is 3.16. The van der Waals surface area contributed by atoms with Crippen molar-refractivity contribution in [2.24, 2.45) is 22.9 Å². The van der Waals surface area contributed by atoms with Crippen molar-refractivity contribution in [2.75, 3.05) is 0 Å². The number of hydrazone groups is 1. The normalized spacial score (nSPS) is 23.0. The number of nitro groups is 1. The summed E-state index contributed by atoms with van der Waals surface area (Å²) < 4.78 is 0. The monoisotopic (exact) mass is 317 g/mol. The van der Waals surface area contributed by atoms with E-state index in [1.807, 2.05) is 0 Å². The fourth-order valence-corrected chi connectivity index (χ4v) is 3.04. The van der Waals surface area contributed by atoms with E-state index in [0.717, 1.165) is 18.6 Å². The summed E-state index contributed by atoms with van der Waals surface area (Å²) >= 11 is 0. The van der Waals surface area contributed by atoms with Crippen molar-refractivity contribution >= 4 is 17.3 Å². The quantitative estimate of drug-likeness (QED) is 0.677. The average Bonchev–Trinajstić information content (AvgIpc) is 2.52. The molecule has 2 atom stereocenters. The number of hydrogen-bond donors (Lipinski definition) is 1. The summed E-state index contributed by atoms with van der Waals surface area (Å²) in [5.74, 6) is 1.02. The van der Waals surface area contributed by atoms with Gasteiger partial charge in [0.25, 0.3) is 11.6 Å². The number of hydrogen-bond acceptors (Lipinski definition) is 4. The first-order chi connectivity index (χ1) is 10.9. The van der Waals surface area contributed by atoms with Crippen LogP contribution >= 0.6 is 0 Å². The highest BCUT2D eigenvalue weighted by atomic mass is 16.6. The number of nitro benzene ring substituents is 1. The maximum atomic E-state index is 12.2. The second kappa shape index (κ2) is 7.35. The molecule has 0 aliphatic heterocycles. The Morgan fingerprint density at radius 3 is 2.78 bits per heavy atom. The van der Waals surface area contributed by atoms with Gasteiger partial charge in [-0.25, -0.2) is 5.43 Å². The minimum Gasteiger partial charge on any atom is -0.267 e. The van der Waals surface area contributed by atoms with Crippen LogP contribution in [0.2, 0.25) is 0 Å². The molecule has 1 amide bonds. The van der Waals surface area contributed by atoms with Gasteiger partial charge in [-0.15, -0.1) is 0 Å². The molecule has 0 unspecified atom stereocenters. The van der Waals surface area contributed by atoms with Crippen LogP contribution in [0.3, 0.4) is 0 Å². The van der Waals surface area contributed by atoms with Gasteiger partial charge in [-0.3, -0.25) is 14.9 Å². The number of rotatable bonds is 4. The molecule has 0 heterocycles. The van der Waals surface area contributed by atoms with E-state index in [0.29, 0.717) is 17.8 Å². The predicted octanol–water partition coefficient (Wildman–Crippen LogP) is 3.77. The van der Waals surface area contributed by atoms with Gasteiger partial charge in [-0.1, -0.05) is 26.8 Å². The average molecular weight is 317 g/mol. The van der Waals surface area contributed by atoms with E-state index in [9.17, 15) is 14.9 Å². The number of carbonyl (C=O) groups is 1. The van der Waals surface area contributed by atoms with E-state index in [2.05, 4.69) is 31.3 Å². The van der Waals surface area contributed by atoms with Crippen LogP contribution in [-0.4, -0.2) is 16.5 Å². The first-order valence-corrected chi connectivity index (χ1v) is 7.99. The van der Waals surface area contributed by atoms with E-state index in [1.54, 1.807) is 6.07 Å². The van der Waals surface area contributed by atoms with Gasteiger partial charge < -0.3 is 0 Å². The number of benzene rings is 1. The lowest BCUT2D eigenvalue weighted by molar-refractivity contribution is -0.384. The molecule has 1 N–H and O–H groups in total. The third-order valence-electron chi connectivity index (χ3n) is 4.38. The lowest BCUT2D eigenvalue weighted by Crippen LogP contribution is -2.31. The summed E-state index contributed by atoms with van der Waals surface area (Å²) in [5, 5.41) is 15.1. The van der Waals surface area contributed by atoms with Crippen molar-refractivity contribution in [3.8, 4) is 0 Å². The van der Waals surface area contributed by atoms with Crippen molar-refractivity contribution in [3.63, 3.8) is 0 Å². The third kappa shape index (κ3) is 4.37. The number of non-ortho nitro benzene ring substituents is 1. The Morgan fingerprint density at radius 1 is 1.39 bits per heavy atom. The van der Waals surface area contributed by atoms with Gasteiger partial charge in [0.1, 0.15) is 0 Å². The van der Waals surface area contributed by atoms with E-state index in [4.69, 9.17) is 0 Å². The minimum absolute atomic E-state index is 0.100. The second-order valence-corrected chi connectivity index (χ2v) is 6.59. The molecule has 1 aromatic carbocycles. The zero-order valence-corrected chi connectivity index (χ0v) is 13.8. The Balaban J connectivity index is 2.12. The second-order valence-electron chi connectivity index (χ2n) is 6.59. The molecule has 0 aromatic heterocycles. The van der Waals surface area contributed by atoms with Crippen molar-refractivity contribution < 1.29 is 9.72 Å². The molecular formula is C17H23N3O3. The van der Waals surface area contributed by atoms with E-state index >= 15 is 0 Å². The van der Waals surface area contributed by atoms with E-state index in [1.165, 1.54) is 24.6 Å². The number of carbonyl (C=O) groups excluding carboxylic acids is 1. The van der Waals surface area contributed by atoms with Gasteiger partial charge in [0.05, 0.1) is 4.92 Å². The van der Waals surface area contributed by atoms with E-state index < -0.39 is 10.8 Å². The summed E-state index contributed by atoms with van der Waals surface area (Å²) in [7, 11) is 0. The Kier molecular flexibility index (Phi) is 5.47. The largest absolute Gasteiger partial charge is 0.271 e. The lowest BCUT2D eigenvalue weighted by Gasteiger charge is -2.30. The Hall–Kier alpha value is -2.24. The molecular weight excluding hydrogens is 294 g/mol. The van der Waals surface area contributed by atoms with Crippen LogP contribution in [0.5, 0.6) is 0 Å². The molecule has 0 spiro atoms. The van der Waals surface area contributed by atoms with Crippen LogP contribution in [0.25, 0.3) is 0 Å². The summed E-state index contributed by atoms with van der Waals surface area (Å²) in [5.41, 5.74) is 3.74. The van der Waals surface area contributed by atoms with Crippen LogP contribution < -0.4 is 5.43 Å². The van der Waals surface area contributed by atoms with Crippen LogP contribution in [0.4, 0.5) is 5.69 Å². The SMILES string of the molecule is CC(C)[C@@H]1CC[C@@H](C)C/C1=N/NC(=O)c1cccc([N+](=O)[O-])c1. The summed E-state index contributed by atoms with van der Waals surface area (Å²) in [6, 6.07) is 5.67. The highest BCUT2D eigenvalue weighted by Gasteiger charge is 2.27. The molecule has 1 aliphatic rings. The molecule has 6 heteroatoms. The van der Waals surface area contributed by atoms with Gasteiger partial charge in [-0.05, 0) is 37.2 Å². The van der Waals surface area contributed by atoms with E-state index in [-0.39, 0.29) is 11.3 Å². The molecule has 1 fully saturated rings. The Labute approximate surface area is 136 Å². The van der Waals surface area contributed by atoms with Crippen LogP contribution in [0.15, 0.2) is 29.4 Å². The lowest BCUT2D eigenvalue weighted by atomic mass is 9.76. The fourth-order valence-electron chi connectivity index (χ4n) is 3.04. The Bertz CT molecular complexity index is 625. The molecule has 23 heavy (non-hydrogen) atoms. The smallest absolute Gasteiger partial charge is 0.267 e. The molecule has 6 nitrogen and oxygen atoms in total. The highest BCUT2D eigenvalue weighted by Crippen LogP contribution is 2.31. The first-order valence-electron chi connectivity index (χ1n) is 7.99. The van der Waals surface area contributed by atoms with Gasteiger partial charge in [0, 0.05) is 29.3 Å². The standard InChI is InChI=1S/C17H23N3O3/c1-11(2)15-8-7-12(3)9-16(15)18-19-17(21)13-5-4-6-14(10-13)20(22)23/h4-6,10-12,15H,7-9H2,1-3H3,(H,19,21)/b18-16-/t12-,15+/m1/s1. The van der Waals surface area contributed by atoms with Crippen molar-refractivity contribution in [1.82, 2.24) is 5.43 Å². The van der Waals surface area contributed by atoms with Crippen LogP contribution in [-0.2, 0) is 0 Å². The fraction of sp³-hybridized carbons (Fsp3) is 0.529. The summed E-state index contributed by atoms with van der Waals surface area (Å²) in [4.78, 5) is 22.4. The molecule has 1 aliphatic carbocycles. The maximum absolute atomic E-state index is 12.2. The number of amides is 1. The zero-order chi connectivity index (χ0) is 17.0. The molecule has 2 rings (SSSR count). The molecule has 124 valence electrons. The van der Waals surface area contributed by atoms with Crippen molar-refractivity contribution in [2.45, 2.75) is 40.0 Å². The van der Waals surface area contributed by atoms with Gasteiger partial charge in [-0.2, -0.15) is 5.10 Å². The highest BCUT2D eigenvalue weighted by molar-refractivity contribution is 5.96. The van der Waals surface area contributed by atoms with Crippen LogP contribution in [0.1, 0.15) is 50.4 Å². The number of nitrogens with zero attached hydrogens (tertiary/aromatic N) is 2. The topological polar surface area (TPSA) is 84.6 Å². The zero-order valence-electron chi connectivity index (χ0n) is 13.8. The minimum atomic E-state index is -0.514. The van der Waals surface area contributed by atoms with Crippen molar-refractivity contribution in [3.05, 3.63) is 39.9 Å². The summed E-state index contributed by atoms with van der Waals surface area (Å²) in [6.45, 7) is 6.52. The number of nitrogens with one attached hydrogen (secondary N) is 1. The molecule has 0 radical (unpaired) electrons. The molecule has 0 saturated heterocycles. The maximum Gasteiger partial charge on any atom is 0.271 e. The van der Waals surface area contributed by atoms with Gasteiger partial charge >= 0.3 is 0 Å². The van der Waals surface area contributed by atoms with Crippen LogP contribution in [0, 0.1) is 27.9 Å². The first kappa shape index (κ1) is 17.1. The third-order valence-corrected chi connectivity index (χ3v) is 4.38. The Morgan fingerprint density at radius 2 is 2.13 bits per heavy atom. The molecule has 0 bridgehead atoms. The molecule has 1 aromatic rings. The van der Waals surface area contributed by atoms with Crippen molar-refractivity contribution in [1.29, 1.82) is 0 Å². The van der Waals surface area contributed by atoms with Gasteiger partial charge in [0.15, 0.2) is 0 Å². The molecule has 1 saturated carbocycles.